The Balaban J connectivity index is 2.74. The lowest BCUT2D eigenvalue weighted by Gasteiger charge is -2.16. The minimum atomic E-state index is -0.000350. The van der Waals surface area contributed by atoms with Crippen molar-refractivity contribution in [2.24, 2.45) is 0 Å². The number of aromatic nitrogens is 2. The first-order valence-electron chi connectivity index (χ1n) is 7.33. The summed E-state index contributed by atoms with van der Waals surface area (Å²) in [6.07, 6.45) is 2.33. The molecule has 1 aromatic heterocycles. The Morgan fingerprint density at radius 3 is 2.67 bits per heavy atom. The summed E-state index contributed by atoms with van der Waals surface area (Å²) in [4.78, 5) is 8.00. The van der Waals surface area contributed by atoms with Crippen LogP contribution in [0.15, 0.2) is 24.8 Å². The zero-order valence-electron chi connectivity index (χ0n) is 13.7. The van der Waals surface area contributed by atoms with Crippen molar-refractivity contribution in [3.05, 3.63) is 35.9 Å². The van der Waals surface area contributed by atoms with Gasteiger partial charge >= 0.3 is 0 Å². The van der Waals surface area contributed by atoms with Gasteiger partial charge in [-0.3, -0.25) is 0 Å². The molecule has 2 rings (SSSR count). The molecule has 0 aliphatic carbocycles. The van der Waals surface area contributed by atoms with Crippen LogP contribution in [0.4, 0.5) is 11.8 Å². The molecule has 0 radical (unpaired) electrons. The van der Waals surface area contributed by atoms with Crippen molar-refractivity contribution in [3.8, 4) is 28.8 Å². The van der Waals surface area contributed by atoms with E-state index in [1.165, 1.54) is 0 Å². The van der Waals surface area contributed by atoms with Crippen LogP contribution in [0.2, 0.25) is 0 Å². The standard InChI is InChI=1S/C17H19N5O2/c1-4-6-10-7-11(8-13(23-3)15(10)24-5-2)14-12(9-18)16(19)22-17(20)21-14/h4,7-8H,1,5-6H2,2-3H3,(H4,19,20,21,22). The van der Waals surface area contributed by atoms with Crippen molar-refractivity contribution >= 4 is 11.8 Å². The second-order valence-electron chi connectivity index (χ2n) is 4.90. The lowest BCUT2D eigenvalue weighted by Crippen LogP contribution is -2.06. The summed E-state index contributed by atoms with van der Waals surface area (Å²) in [6.45, 7) is 6.15. The van der Waals surface area contributed by atoms with Gasteiger partial charge in [-0.05, 0) is 25.5 Å². The van der Waals surface area contributed by atoms with Crippen LogP contribution >= 0.6 is 0 Å². The average molecular weight is 325 g/mol. The number of anilines is 2. The van der Waals surface area contributed by atoms with E-state index in [4.69, 9.17) is 20.9 Å². The highest BCUT2D eigenvalue weighted by Crippen LogP contribution is 2.38. The number of nitrogens with two attached hydrogens (primary N) is 2. The maximum absolute atomic E-state index is 9.37. The van der Waals surface area contributed by atoms with Crippen molar-refractivity contribution < 1.29 is 9.47 Å². The molecule has 1 aromatic carbocycles. The third-order valence-corrected chi connectivity index (χ3v) is 3.34. The molecule has 124 valence electrons. The molecular formula is C17H19N5O2. The van der Waals surface area contributed by atoms with Crippen LogP contribution in [-0.4, -0.2) is 23.7 Å². The molecule has 0 aliphatic heterocycles. The molecule has 0 unspecified atom stereocenters. The number of benzene rings is 1. The molecule has 0 fully saturated rings. The number of rotatable bonds is 6. The lowest BCUT2D eigenvalue weighted by molar-refractivity contribution is 0.308. The van der Waals surface area contributed by atoms with E-state index >= 15 is 0 Å². The van der Waals surface area contributed by atoms with Crippen molar-refractivity contribution in [1.29, 1.82) is 5.26 Å². The average Bonchev–Trinajstić information content (AvgIpc) is 2.56. The molecule has 4 N–H and O–H groups in total. The van der Waals surface area contributed by atoms with Gasteiger partial charge in [-0.1, -0.05) is 6.08 Å². The van der Waals surface area contributed by atoms with Crippen LogP contribution in [0, 0.1) is 11.3 Å². The second kappa shape index (κ2) is 7.33. The van der Waals surface area contributed by atoms with Crippen LogP contribution in [0.3, 0.4) is 0 Å². The van der Waals surface area contributed by atoms with E-state index in [1.54, 1.807) is 19.3 Å². The number of hydrogen-bond donors (Lipinski definition) is 2. The Kier molecular flexibility index (Phi) is 5.22. The maximum Gasteiger partial charge on any atom is 0.222 e. The molecule has 7 nitrogen and oxygen atoms in total. The minimum absolute atomic E-state index is 0.000350. The first kappa shape index (κ1) is 17.1. The third-order valence-electron chi connectivity index (χ3n) is 3.34. The highest BCUT2D eigenvalue weighted by molar-refractivity contribution is 5.75. The topological polar surface area (TPSA) is 120 Å². The van der Waals surface area contributed by atoms with Crippen LogP contribution in [0.1, 0.15) is 18.1 Å². The number of allylic oxidation sites excluding steroid dienone is 1. The summed E-state index contributed by atoms with van der Waals surface area (Å²) in [5.41, 5.74) is 13.5. The van der Waals surface area contributed by atoms with Gasteiger partial charge in [0.15, 0.2) is 11.5 Å². The van der Waals surface area contributed by atoms with Crippen LogP contribution in [-0.2, 0) is 6.42 Å². The largest absolute Gasteiger partial charge is 0.493 e. The zero-order chi connectivity index (χ0) is 17.7. The fraction of sp³-hybridized carbons (Fsp3) is 0.235. The molecule has 0 bridgehead atoms. The number of ether oxygens (including phenoxy) is 2. The molecule has 0 atom stereocenters. The van der Waals surface area contributed by atoms with Crippen molar-refractivity contribution in [1.82, 2.24) is 9.97 Å². The van der Waals surface area contributed by atoms with Gasteiger partial charge in [-0.15, -0.1) is 6.58 Å². The third kappa shape index (κ3) is 3.22. The molecule has 1 heterocycles. The number of methoxy groups -OCH3 is 1. The molecule has 7 heteroatoms. The van der Waals surface area contributed by atoms with Gasteiger partial charge in [0.1, 0.15) is 17.5 Å². The SMILES string of the molecule is C=CCc1cc(-c2nc(N)nc(N)c2C#N)cc(OC)c1OCC. The Morgan fingerprint density at radius 2 is 2.08 bits per heavy atom. The van der Waals surface area contributed by atoms with Gasteiger partial charge in [0.05, 0.1) is 19.4 Å². The predicted octanol–water partition coefficient (Wildman–Crippen LogP) is 2.32. The first-order valence-corrected chi connectivity index (χ1v) is 7.33. The fourth-order valence-corrected chi connectivity index (χ4v) is 2.38. The minimum Gasteiger partial charge on any atom is -0.493 e. The van der Waals surface area contributed by atoms with Gasteiger partial charge in [0.2, 0.25) is 5.95 Å². The van der Waals surface area contributed by atoms with E-state index < -0.39 is 0 Å². The lowest BCUT2D eigenvalue weighted by atomic mass is 10.0. The van der Waals surface area contributed by atoms with E-state index in [2.05, 4.69) is 16.5 Å². The van der Waals surface area contributed by atoms with E-state index in [9.17, 15) is 5.26 Å². The molecule has 0 aliphatic rings. The fourth-order valence-electron chi connectivity index (χ4n) is 2.38. The Labute approximate surface area is 140 Å². The zero-order valence-corrected chi connectivity index (χ0v) is 13.7. The number of hydrogen-bond acceptors (Lipinski definition) is 7. The highest BCUT2D eigenvalue weighted by atomic mass is 16.5. The summed E-state index contributed by atoms with van der Waals surface area (Å²) in [6, 6.07) is 5.61. The first-order chi connectivity index (χ1) is 11.5. The van der Waals surface area contributed by atoms with Crippen molar-refractivity contribution in [2.75, 3.05) is 25.2 Å². The Hall–Kier alpha value is -3.27. The summed E-state index contributed by atoms with van der Waals surface area (Å²) in [5, 5.41) is 9.37. The summed E-state index contributed by atoms with van der Waals surface area (Å²) in [7, 11) is 1.55. The van der Waals surface area contributed by atoms with E-state index in [0.717, 1.165) is 5.56 Å². The Bertz CT molecular complexity index is 812. The molecular weight excluding hydrogens is 306 g/mol. The highest BCUT2D eigenvalue weighted by Gasteiger charge is 2.18. The predicted molar refractivity (Wildman–Crippen MR) is 92.6 cm³/mol. The van der Waals surface area contributed by atoms with Gasteiger partial charge in [0.25, 0.3) is 0 Å². The van der Waals surface area contributed by atoms with Crippen molar-refractivity contribution in [2.45, 2.75) is 13.3 Å². The van der Waals surface area contributed by atoms with E-state index in [0.29, 0.717) is 35.8 Å². The van der Waals surface area contributed by atoms with E-state index in [-0.39, 0.29) is 17.3 Å². The molecule has 0 saturated heterocycles. The van der Waals surface area contributed by atoms with Crippen LogP contribution in [0.5, 0.6) is 11.5 Å². The van der Waals surface area contributed by atoms with Crippen molar-refractivity contribution in [3.63, 3.8) is 0 Å². The number of nitriles is 1. The monoisotopic (exact) mass is 325 g/mol. The maximum atomic E-state index is 9.37. The van der Waals surface area contributed by atoms with Gasteiger partial charge in [-0.25, -0.2) is 4.98 Å². The number of nitrogens with zero attached hydrogens (tertiary/aromatic N) is 3. The Morgan fingerprint density at radius 1 is 1.33 bits per heavy atom. The quantitative estimate of drug-likeness (QED) is 0.782. The summed E-state index contributed by atoms with van der Waals surface area (Å²) >= 11 is 0. The van der Waals surface area contributed by atoms with Crippen LogP contribution in [0.25, 0.3) is 11.3 Å². The van der Waals surface area contributed by atoms with Gasteiger partial charge in [0, 0.05) is 11.1 Å². The molecule has 0 amide bonds. The molecule has 0 saturated carbocycles. The summed E-state index contributed by atoms with van der Waals surface area (Å²) in [5.74, 6) is 1.21. The smallest absolute Gasteiger partial charge is 0.222 e. The normalized spacial score (nSPS) is 10.0. The molecule has 2 aromatic rings. The van der Waals surface area contributed by atoms with Crippen LogP contribution < -0.4 is 20.9 Å². The molecule has 0 spiro atoms. The molecule has 24 heavy (non-hydrogen) atoms. The summed E-state index contributed by atoms with van der Waals surface area (Å²) < 4.78 is 11.1. The number of nitrogen functional groups attached to an aromatic ring is 2. The second-order valence-corrected chi connectivity index (χ2v) is 4.90. The van der Waals surface area contributed by atoms with E-state index in [1.807, 2.05) is 19.1 Å². The van der Waals surface area contributed by atoms with Gasteiger partial charge in [-0.2, -0.15) is 10.2 Å². The van der Waals surface area contributed by atoms with Gasteiger partial charge < -0.3 is 20.9 Å².